The van der Waals surface area contributed by atoms with Gasteiger partial charge in [0.1, 0.15) is 0 Å². The summed E-state index contributed by atoms with van der Waals surface area (Å²) in [6, 6.07) is 8.26. The quantitative estimate of drug-likeness (QED) is 0.833. The van der Waals surface area contributed by atoms with Crippen LogP contribution in [0.4, 0.5) is 13.2 Å². The normalized spacial score (nSPS) is 16.9. The molecule has 0 fully saturated rings. The first-order valence-electron chi connectivity index (χ1n) is 6.33. The van der Waals surface area contributed by atoms with Crippen molar-refractivity contribution in [3.63, 3.8) is 0 Å². The van der Waals surface area contributed by atoms with Crippen LogP contribution in [0.1, 0.15) is 38.4 Å². The highest BCUT2D eigenvalue weighted by Crippen LogP contribution is 2.22. The Kier molecular flexibility index (Phi) is 5.82. The van der Waals surface area contributed by atoms with Crippen LogP contribution in [-0.4, -0.2) is 23.4 Å². The van der Waals surface area contributed by atoms with E-state index in [0.29, 0.717) is 6.42 Å². The lowest BCUT2D eigenvalue weighted by atomic mass is 10.0. The van der Waals surface area contributed by atoms with E-state index < -0.39 is 24.7 Å². The first-order chi connectivity index (χ1) is 8.78. The van der Waals surface area contributed by atoms with Crippen molar-refractivity contribution in [2.24, 2.45) is 0 Å². The number of rotatable bonds is 6. The molecule has 0 bridgehead atoms. The monoisotopic (exact) mass is 275 g/mol. The zero-order valence-corrected chi connectivity index (χ0v) is 11.1. The number of hydrogen-bond acceptors (Lipinski definition) is 2. The largest absolute Gasteiger partial charge is 0.390 e. The van der Waals surface area contributed by atoms with Gasteiger partial charge in [0.25, 0.3) is 0 Å². The van der Waals surface area contributed by atoms with E-state index in [2.05, 4.69) is 5.32 Å². The Bertz CT molecular complexity index is 367. The molecular formula is C14H20F3NO. The Morgan fingerprint density at radius 2 is 1.68 bits per heavy atom. The van der Waals surface area contributed by atoms with Gasteiger partial charge in [-0.05, 0) is 25.8 Å². The maximum atomic E-state index is 12.2. The standard InChI is InChI=1S/C14H20F3NO/c1-10(18-11(2)9-14(15,16)17)8-13(19)12-6-4-3-5-7-12/h3-7,10-11,13,18-19H,8-9H2,1-2H3. The first kappa shape index (κ1) is 16.0. The third kappa shape index (κ3) is 6.59. The highest BCUT2D eigenvalue weighted by Gasteiger charge is 2.30. The van der Waals surface area contributed by atoms with Crippen molar-refractivity contribution in [3.05, 3.63) is 35.9 Å². The van der Waals surface area contributed by atoms with E-state index in [1.54, 1.807) is 19.1 Å². The molecule has 0 amide bonds. The molecule has 0 saturated carbocycles. The Balaban J connectivity index is 2.41. The average molecular weight is 275 g/mol. The first-order valence-corrected chi connectivity index (χ1v) is 6.33. The van der Waals surface area contributed by atoms with Crippen molar-refractivity contribution >= 4 is 0 Å². The van der Waals surface area contributed by atoms with E-state index in [0.717, 1.165) is 5.56 Å². The maximum Gasteiger partial charge on any atom is 0.390 e. The second-order valence-electron chi connectivity index (χ2n) is 4.95. The van der Waals surface area contributed by atoms with Gasteiger partial charge >= 0.3 is 6.18 Å². The van der Waals surface area contributed by atoms with Gasteiger partial charge in [0.05, 0.1) is 12.5 Å². The molecule has 5 heteroatoms. The molecule has 1 aromatic rings. The molecule has 19 heavy (non-hydrogen) atoms. The third-order valence-electron chi connectivity index (χ3n) is 2.87. The highest BCUT2D eigenvalue weighted by molar-refractivity contribution is 5.17. The fourth-order valence-corrected chi connectivity index (χ4v) is 2.11. The van der Waals surface area contributed by atoms with Crippen LogP contribution in [0.5, 0.6) is 0 Å². The van der Waals surface area contributed by atoms with Crippen LogP contribution in [0, 0.1) is 0 Å². The van der Waals surface area contributed by atoms with Gasteiger partial charge in [-0.2, -0.15) is 13.2 Å². The van der Waals surface area contributed by atoms with Crippen LogP contribution in [0.15, 0.2) is 30.3 Å². The zero-order valence-electron chi connectivity index (χ0n) is 11.1. The van der Waals surface area contributed by atoms with Gasteiger partial charge in [-0.3, -0.25) is 0 Å². The van der Waals surface area contributed by atoms with Crippen molar-refractivity contribution in [3.8, 4) is 0 Å². The van der Waals surface area contributed by atoms with E-state index in [1.165, 1.54) is 6.92 Å². The molecular weight excluding hydrogens is 255 g/mol. The highest BCUT2D eigenvalue weighted by atomic mass is 19.4. The summed E-state index contributed by atoms with van der Waals surface area (Å²) in [5.74, 6) is 0. The second kappa shape index (κ2) is 6.91. The van der Waals surface area contributed by atoms with Crippen molar-refractivity contribution in [1.82, 2.24) is 5.32 Å². The summed E-state index contributed by atoms with van der Waals surface area (Å²) in [4.78, 5) is 0. The number of benzene rings is 1. The van der Waals surface area contributed by atoms with Crippen LogP contribution in [-0.2, 0) is 0 Å². The lowest BCUT2D eigenvalue weighted by Gasteiger charge is -2.23. The van der Waals surface area contributed by atoms with E-state index in [4.69, 9.17) is 0 Å². The summed E-state index contributed by atoms with van der Waals surface area (Å²) < 4.78 is 36.6. The van der Waals surface area contributed by atoms with E-state index in [9.17, 15) is 18.3 Å². The van der Waals surface area contributed by atoms with Crippen molar-refractivity contribution in [2.75, 3.05) is 0 Å². The van der Waals surface area contributed by atoms with Gasteiger partial charge < -0.3 is 10.4 Å². The number of nitrogens with one attached hydrogen (secondary N) is 1. The lowest BCUT2D eigenvalue weighted by Crippen LogP contribution is -2.38. The summed E-state index contributed by atoms with van der Waals surface area (Å²) in [7, 11) is 0. The summed E-state index contributed by atoms with van der Waals surface area (Å²) in [5, 5.41) is 12.8. The topological polar surface area (TPSA) is 32.3 Å². The Morgan fingerprint density at radius 1 is 1.11 bits per heavy atom. The molecule has 1 aromatic carbocycles. The SMILES string of the molecule is CC(CC(O)c1ccccc1)NC(C)CC(F)(F)F. The van der Waals surface area contributed by atoms with Gasteiger partial charge in [-0.15, -0.1) is 0 Å². The summed E-state index contributed by atoms with van der Waals surface area (Å²) in [6.45, 7) is 3.28. The molecule has 0 aromatic heterocycles. The maximum absolute atomic E-state index is 12.2. The fraction of sp³-hybridized carbons (Fsp3) is 0.571. The minimum Gasteiger partial charge on any atom is -0.388 e. The van der Waals surface area contributed by atoms with Crippen molar-refractivity contribution in [2.45, 2.75) is 51.1 Å². The Labute approximate surface area is 111 Å². The summed E-state index contributed by atoms with van der Waals surface area (Å²) in [6.07, 6.45) is -5.31. The van der Waals surface area contributed by atoms with Crippen molar-refractivity contribution in [1.29, 1.82) is 0 Å². The molecule has 2 nitrogen and oxygen atoms in total. The van der Waals surface area contributed by atoms with Gasteiger partial charge in [-0.1, -0.05) is 30.3 Å². The van der Waals surface area contributed by atoms with Gasteiger partial charge in [0.2, 0.25) is 0 Å². The van der Waals surface area contributed by atoms with E-state index in [-0.39, 0.29) is 6.04 Å². The smallest absolute Gasteiger partial charge is 0.388 e. The fourth-order valence-electron chi connectivity index (χ4n) is 2.11. The van der Waals surface area contributed by atoms with Crippen LogP contribution >= 0.6 is 0 Å². The molecule has 0 radical (unpaired) electrons. The molecule has 0 heterocycles. The van der Waals surface area contributed by atoms with Crippen LogP contribution < -0.4 is 5.32 Å². The minimum absolute atomic E-state index is 0.187. The number of halogens is 3. The molecule has 1 rings (SSSR count). The Morgan fingerprint density at radius 3 is 2.21 bits per heavy atom. The van der Waals surface area contributed by atoms with E-state index >= 15 is 0 Å². The van der Waals surface area contributed by atoms with Gasteiger partial charge in [0.15, 0.2) is 0 Å². The van der Waals surface area contributed by atoms with Gasteiger partial charge in [-0.25, -0.2) is 0 Å². The molecule has 0 aliphatic carbocycles. The number of hydrogen-bond donors (Lipinski definition) is 2. The number of aliphatic hydroxyl groups excluding tert-OH is 1. The molecule has 0 saturated heterocycles. The molecule has 2 N–H and O–H groups in total. The predicted molar refractivity (Wildman–Crippen MR) is 68.8 cm³/mol. The molecule has 108 valence electrons. The average Bonchev–Trinajstić information content (AvgIpc) is 2.27. The lowest BCUT2D eigenvalue weighted by molar-refractivity contribution is -0.139. The van der Waals surface area contributed by atoms with Gasteiger partial charge in [0, 0.05) is 12.1 Å². The minimum atomic E-state index is -4.16. The zero-order chi connectivity index (χ0) is 14.5. The van der Waals surface area contributed by atoms with Crippen LogP contribution in [0.25, 0.3) is 0 Å². The molecule has 3 unspecified atom stereocenters. The second-order valence-corrected chi connectivity index (χ2v) is 4.95. The summed E-state index contributed by atoms with van der Waals surface area (Å²) in [5.41, 5.74) is 0.777. The molecule has 0 aliphatic heterocycles. The Hall–Kier alpha value is -1.07. The van der Waals surface area contributed by atoms with E-state index in [1.807, 2.05) is 18.2 Å². The molecule has 3 atom stereocenters. The van der Waals surface area contributed by atoms with Crippen molar-refractivity contribution < 1.29 is 18.3 Å². The molecule has 0 spiro atoms. The number of aliphatic hydroxyl groups is 1. The number of alkyl halides is 3. The predicted octanol–water partition coefficient (Wildman–Crippen LogP) is 3.43. The summed E-state index contributed by atoms with van der Waals surface area (Å²) >= 11 is 0. The van der Waals surface area contributed by atoms with Crippen LogP contribution in [0.2, 0.25) is 0 Å². The third-order valence-corrected chi connectivity index (χ3v) is 2.87. The molecule has 0 aliphatic rings. The van der Waals surface area contributed by atoms with Crippen LogP contribution in [0.3, 0.4) is 0 Å².